The molecule has 0 aromatic heterocycles. The average Bonchev–Trinajstić information content (AvgIpc) is 2.03. The Morgan fingerprint density at radius 1 is 1.08 bits per heavy atom. The van der Waals surface area contributed by atoms with Gasteiger partial charge in [0.2, 0.25) is 0 Å². The van der Waals surface area contributed by atoms with Crippen molar-refractivity contribution in [2.75, 3.05) is 13.2 Å². The van der Waals surface area contributed by atoms with Crippen LogP contribution in [0.15, 0.2) is 0 Å². The van der Waals surface area contributed by atoms with Crippen molar-refractivity contribution in [3.8, 4) is 0 Å². The summed E-state index contributed by atoms with van der Waals surface area (Å²) < 4.78 is 4.67. The van der Waals surface area contributed by atoms with Gasteiger partial charge in [-0.15, -0.1) is 0 Å². The quantitative estimate of drug-likeness (QED) is 0.375. The van der Waals surface area contributed by atoms with Crippen LogP contribution in [0.5, 0.6) is 0 Å². The Balaban J connectivity index is 3.56. The number of carbonyl (C=O) groups is 2. The van der Waals surface area contributed by atoms with Crippen LogP contribution < -0.4 is 11.5 Å². The molecule has 0 rings (SSSR count). The van der Waals surface area contributed by atoms with E-state index in [2.05, 4.69) is 4.74 Å². The van der Waals surface area contributed by atoms with Crippen LogP contribution in [0.25, 0.3) is 0 Å². The summed E-state index contributed by atoms with van der Waals surface area (Å²) in [6.07, 6.45) is 0. The van der Waals surface area contributed by atoms with Gasteiger partial charge in [-0.25, -0.2) is 0 Å². The summed E-state index contributed by atoms with van der Waals surface area (Å²) in [5, 5.41) is 16.6. The fraction of sp³-hybridized carbons (Fsp3) is 0.667. The maximum absolute atomic E-state index is 10.2. The molecule has 0 aromatic rings. The highest BCUT2D eigenvalue weighted by Crippen LogP contribution is 1.85. The molecule has 0 unspecified atom stereocenters. The predicted octanol–water partition coefficient (Wildman–Crippen LogP) is -2.17. The fourth-order valence-electron chi connectivity index (χ4n) is 0.465. The van der Waals surface area contributed by atoms with E-state index < -0.39 is 24.0 Å². The molecule has 0 saturated carbocycles. The normalized spacial score (nSPS) is 14.9. The van der Waals surface area contributed by atoms with Crippen LogP contribution in [0, 0.1) is 0 Å². The van der Waals surface area contributed by atoms with Gasteiger partial charge in [0.1, 0.15) is 12.1 Å². The first kappa shape index (κ1) is 11.8. The third-order valence-corrected chi connectivity index (χ3v) is 1.23. The lowest BCUT2D eigenvalue weighted by molar-refractivity contribution is -0.141. The Hall–Kier alpha value is -1.18. The molecule has 0 aromatic carbocycles. The molecule has 0 radical (unpaired) electrons. The van der Waals surface area contributed by atoms with Gasteiger partial charge in [-0.1, -0.05) is 0 Å². The molecule has 76 valence electrons. The first-order valence-electron chi connectivity index (χ1n) is 3.49. The SMILES string of the molecule is N[C@H](COC[C@H](N)C(=O)O)C(=O)O. The topological polar surface area (TPSA) is 136 Å². The number of nitrogens with two attached hydrogens (primary N) is 2. The van der Waals surface area contributed by atoms with Crippen molar-refractivity contribution >= 4 is 11.9 Å². The minimum Gasteiger partial charge on any atom is -0.480 e. The first-order valence-corrected chi connectivity index (χ1v) is 3.49. The second-order valence-electron chi connectivity index (χ2n) is 2.43. The van der Waals surface area contributed by atoms with Crippen molar-refractivity contribution < 1.29 is 24.5 Å². The van der Waals surface area contributed by atoms with E-state index in [1.807, 2.05) is 0 Å². The van der Waals surface area contributed by atoms with Gasteiger partial charge in [-0.3, -0.25) is 9.59 Å². The minimum absolute atomic E-state index is 0.254. The molecule has 2 atom stereocenters. The van der Waals surface area contributed by atoms with Crippen LogP contribution in [-0.4, -0.2) is 47.4 Å². The Morgan fingerprint density at radius 2 is 1.38 bits per heavy atom. The van der Waals surface area contributed by atoms with E-state index in [1.54, 1.807) is 0 Å². The monoisotopic (exact) mass is 192 g/mol. The van der Waals surface area contributed by atoms with Crippen molar-refractivity contribution in [2.24, 2.45) is 11.5 Å². The number of carboxylic acid groups (broad SMARTS) is 2. The lowest BCUT2D eigenvalue weighted by Crippen LogP contribution is -2.39. The van der Waals surface area contributed by atoms with Crippen molar-refractivity contribution in [2.45, 2.75) is 12.1 Å². The maximum Gasteiger partial charge on any atom is 0.322 e. The number of carboxylic acids is 2. The molecule has 0 bridgehead atoms. The van der Waals surface area contributed by atoms with Gasteiger partial charge in [0.25, 0.3) is 0 Å². The maximum atomic E-state index is 10.2. The van der Waals surface area contributed by atoms with Gasteiger partial charge in [0, 0.05) is 0 Å². The standard InChI is InChI=1S/C6H12N2O5/c7-3(5(9)10)1-13-2-4(8)6(11)12/h3-4H,1-2,7-8H2,(H,9,10)(H,11,12)/t3-,4+. The Morgan fingerprint density at radius 3 is 1.62 bits per heavy atom. The molecule has 7 heteroatoms. The van der Waals surface area contributed by atoms with Crippen molar-refractivity contribution in [1.82, 2.24) is 0 Å². The van der Waals surface area contributed by atoms with E-state index in [0.717, 1.165) is 0 Å². The minimum atomic E-state index is -1.20. The molecule has 0 aliphatic heterocycles. The van der Waals surface area contributed by atoms with Gasteiger partial charge >= 0.3 is 11.9 Å². The lowest BCUT2D eigenvalue weighted by atomic mass is 10.3. The zero-order valence-electron chi connectivity index (χ0n) is 6.84. The summed E-state index contributed by atoms with van der Waals surface area (Å²) in [7, 11) is 0. The van der Waals surface area contributed by atoms with Crippen LogP contribution >= 0.6 is 0 Å². The Bertz CT molecular complexity index is 175. The molecule has 0 amide bonds. The highest BCUT2D eigenvalue weighted by atomic mass is 16.5. The molecule has 0 spiro atoms. The van der Waals surface area contributed by atoms with Crippen molar-refractivity contribution in [1.29, 1.82) is 0 Å². The zero-order valence-corrected chi connectivity index (χ0v) is 6.84. The number of rotatable bonds is 6. The third-order valence-electron chi connectivity index (χ3n) is 1.23. The second-order valence-corrected chi connectivity index (χ2v) is 2.43. The summed E-state index contributed by atoms with van der Waals surface area (Å²) in [6, 6.07) is -2.30. The van der Waals surface area contributed by atoms with E-state index in [-0.39, 0.29) is 13.2 Å². The van der Waals surface area contributed by atoms with Gasteiger partial charge in [0.05, 0.1) is 13.2 Å². The van der Waals surface area contributed by atoms with Crippen LogP contribution in [0.1, 0.15) is 0 Å². The van der Waals surface area contributed by atoms with E-state index in [0.29, 0.717) is 0 Å². The summed E-state index contributed by atoms with van der Waals surface area (Å²) in [4.78, 5) is 20.3. The Labute approximate surface area is 74.3 Å². The van der Waals surface area contributed by atoms with E-state index in [9.17, 15) is 9.59 Å². The third kappa shape index (κ3) is 5.12. The largest absolute Gasteiger partial charge is 0.480 e. The van der Waals surface area contributed by atoms with Crippen molar-refractivity contribution in [3.05, 3.63) is 0 Å². The van der Waals surface area contributed by atoms with Crippen molar-refractivity contribution in [3.63, 3.8) is 0 Å². The van der Waals surface area contributed by atoms with Gasteiger partial charge in [0.15, 0.2) is 0 Å². The predicted molar refractivity (Wildman–Crippen MR) is 42.0 cm³/mol. The first-order chi connectivity index (χ1) is 5.95. The molecule has 0 aliphatic rings. The summed E-state index contributed by atoms with van der Waals surface area (Å²) in [5.41, 5.74) is 10.1. The van der Waals surface area contributed by atoms with Gasteiger partial charge in [-0.05, 0) is 0 Å². The van der Waals surface area contributed by atoms with Crippen LogP contribution in [0.4, 0.5) is 0 Å². The van der Waals surface area contributed by atoms with E-state index in [1.165, 1.54) is 0 Å². The molecular weight excluding hydrogens is 180 g/mol. The summed E-state index contributed by atoms with van der Waals surface area (Å²) in [5.74, 6) is -2.41. The molecule has 6 N–H and O–H groups in total. The molecule has 0 fully saturated rings. The number of hydrogen-bond acceptors (Lipinski definition) is 5. The van der Waals surface area contributed by atoms with E-state index >= 15 is 0 Å². The number of aliphatic carboxylic acids is 2. The molecule has 0 aliphatic carbocycles. The smallest absolute Gasteiger partial charge is 0.322 e. The Kier molecular flexibility index (Phi) is 4.97. The van der Waals surface area contributed by atoms with Gasteiger partial charge in [-0.2, -0.15) is 0 Å². The molecule has 13 heavy (non-hydrogen) atoms. The number of ether oxygens (including phenoxy) is 1. The van der Waals surface area contributed by atoms with Crippen LogP contribution in [0.2, 0.25) is 0 Å². The summed E-state index contributed by atoms with van der Waals surface area (Å²) >= 11 is 0. The van der Waals surface area contributed by atoms with Crippen LogP contribution in [-0.2, 0) is 14.3 Å². The average molecular weight is 192 g/mol. The fourth-order valence-corrected chi connectivity index (χ4v) is 0.465. The molecule has 0 saturated heterocycles. The summed E-state index contributed by atoms with van der Waals surface area (Å²) in [6.45, 7) is -0.507. The van der Waals surface area contributed by atoms with Crippen LogP contribution in [0.3, 0.4) is 0 Å². The highest BCUT2D eigenvalue weighted by Gasteiger charge is 2.15. The highest BCUT2D eigenvalue weighted by molar-refractivity contribution is 5.73. The molecule has 0 heterocycles. The number of hydrogen-bond donors (Lipinski definition) is 4. The zero-order chi connectivity index (χ0) is 10.4. The molecule has 7 nitrogen and oxygen atoms in total. The lowest BCUT2D eigenvalue weighted by Gasteiger charge is -2.09. The second kappa shape index (κ2) is 5.46. The molecular formula is C6H12N2O5. The van der Waals surface area contributed by atoms with E-state index in [4.69, 9.17) is 21.7 Å². The van der Waals surface area contributed by atoms with Gasteiger partial charge < -0.3 is 26.4 Å².